The minimum absolute atomic E-state index is 0.0774. The summed E-state index contributed by atoms with van der Waals surface area (Å²) in [6, 6.07) is 3.30. The molecule has 0 bridgehead atoms. The molecule has 0 spiro atoms. The van der Waals surface area contributed by atoms with Gasteiger partial charge in [0.15, 0.2) is 11.5 Å². The van der Waals surface area contributed by atoms with Gasteiger partial charge in [-0.25, -0.2) is 0 Å². The van der Waals surface area contributed by atoms with E-state index >= 15 is 0 Å². The molecule has 0 saturated heterocycles. The third kappa shape index (κ3) is 4.02. The van der Waals surface area contributed by atoms with Crippen molar-refractivity contribution in [1.29, 1.82) is 0 Å². The highest BCUT2D eigenvalue weighted by molar-refractivity contribution is 9.10. The Labute approximate surface area is 109 Å². The van der Waals surface area contributed by atoms with Crippen LogP contribution >= 0.6 is 15.9 Å². The number of aliphatic hydroxyl groups is 1. The monoisotopic (exact) mass is 302 g/mol. The van der Waals surface area contributed by atoms with E-state index in [0.717, 1.165) is 6.29 Å². The molecule has 0 fully saturated rings. The Morgan fingerprint density at radius 1 is 1.41 bits per heavy atom. The molecule has 1 rings (SSSR count). The molecule has 0 aliphatic rings. The van der Waals surface area contributed by atoms with Crippen LogP contribution in [-0.4, -0.2) is 31.2 Å². The lowest BCUT2D eigenvalue weighted by molar-refractivity contribution is 0.112. The van der Waals surface area contributed by atoms with Crippen molar-refractivity contribution in [2.75, 3.05) is 19.8 Å². The Morgan fingerprint density at radius 3 is 2.76 bits per heavy atom. The van der Waals surface area contributed by atoms with Crippen molar-refractivity contribution >= 4 is 22.2 Å². The summed E-state index contributed by atoms with van der Waals surface area (Å²) in [6.07, 6.45) is 1.30. The first-order chi connectivity index (χ1) is 8.22. The Morgan fingerprint density at radius 2 is 2.18 bits per heavy atom. The molecule has 0 aliphatic carbocycles. The summed E-state index contributed by atoms with van der Waals surface area (Å²) in [5.74, 6) is 1.09. The Balaban J connectivity index is 2.94. The maximum Gasteiger partial charge on any atom is 0.175 e. The van der Waals surface area contributed by atoms with Crippen molar-refractivity contribution in [2.24, 2.45) is 0 Å². The summed E-state index contributed by atoms with van der Waals surface area (Å²) in [4.78, 5) is 10.7. The highest BCUT2D eigenvalue weighted by Gasteiger charge is 2.11. The molecule has 0 aliphatic heterocycles. The van der Waals surface area contributed by atoms with E-state index in [1.165, 1.54) is 0 Å². The van der Waals surface area contributed by atoms with Crippen molar-refractivity contribution in [3.63, 3.8) is 0 Å². The third-order valence-electron chi connectivity index (χ3n) is 2.02. The van der Waals surface area contributed by atoms with E-state index in [1.54, 1.807) is 12.1 Å². The first-order valence-electron chi connectivity index (χ1n) is 5.38. The van der Waals surface area contributed by atoms with E-state index in [-0.39, 0.29) is 6.61 Å². The van der Waals surface area contributed by atoms with Gasteiger partial charge in [0.2, 0.25) is 0 Å². The number of rotatable bonds is 7. The summed E-state index contributed by atoms with van der Waals surface area (Å²) in [6.45, 7) is 2.83. The first-order valence-corrected chi connectivity index (χ1v) is 6.17. The molecule has 1 aromatic rings. The molecule has 17 heavy (non-hydrogen) atoms. The number of hydrogen-bond acceptors (Lipinski definition) is 4. The van der Waals surface area contributed by atoms with Crippen LogP contribution < -0.4 is 9.47 Å². The summed E-state index contributed by atoms with van der Waals surface area (Å²) in [5, 5.41) is 8.70. The minimum Gasteiger partial charge on any atom is -0.490 e. The molecule has 1 N–H and O–H groups in total. The Hall–Kier alpha value is -1.07. The summed E-state index contributed by atoms with van der Waals surface area (Å²) in [5.41, 5.74) is 0.523. The van der Waals surface area contributed by atoms with Gasteiger partial charge in [-0.1, -0.05) is 0 Å². The van der Waals surface area contributed by atoms with Crippen molar-refractivity contribution < 1.29 is 19.4 Å². The van der Waals surface area contributed by atoms with Crippen LogP contribution in [0.25, 0.3) is 0 Å². The summed E-state index contributed by atoms with van der Waals surface area (Å²) in [7, 11) is 0. The van der Waals surface area contributed by atoms with E-state index in [0.29, 0.717) is 41.2 Å². The van der Waals surface area contributed by atoms with Crippen LogP contribution in [0.1, 0.15) is 23.7 Å². The third-order valence-corrected chi connectivity index (χ3v) is 2.61. The molecule has 4 nitrogen and oxygen atoms in total. The topological polar surface area (TPSA) is 55.8 Å². The number of benzene rings is 1. The molecule has 0 atom stereocenters. The lowest BCUT2D eigenvalue weighted by Crippen LogP contribution is -2.03. The fraction of sp³-hybridized carbons (Fsp3) is 0.417. The minimum atomic E-state index is 0.0774. The molecule has 94 valence electrons. The van der Waals surface area contributed by atoms with Gasteiger partial charge in [-0.05, 0) is 35.0 Å². The summed E-state index contributed by atoms with van der Waals surface area (Å²) < 4.78 is 11.6. The van der Waals surface area contributed by atoms with Gasteiger partial charge in [-0.15, -0.1) is 0 Å². The first kappa shape index (κ1) is 14.0. The largest absolute Gasteiger partial charge is 0.490 e. The molecule has 1 aromatic carbocycles. The molecule has 0 amide bonds. The highest BCUT2D eigenvalue weighted by atomic mass is 79.9. The van der Waals surface area contributed by atoms with Gasteiger partial charge in [0.1, 0.15) is 6.29 Å². The van der Waals surface area contributed by atoms with Gasteiger partial charge in [0, 0.05) is 18.6 Å². The van der Waals surface area contributed by atoms with Crippen LogP contribution in [0.15, 0.2) is 16.6 Å². The number of carbonyl (C=O) groups excluding carboxylic acids is 1. The Kier molecular flexibility index (Phi) is 6.00. The van der Waals surface area contributed by atoms with Crippen molar-refractivity contribution in [1.82, 2.24) is 0 Å². The molecule has 0 aromatic heterocycles. The van der Waals surface area contributed by atoms with Gasteiger partial charge < -0.3 is 14.6 Å². The number of ether oxygens (including phenoxy) is 2. The predicted octanol–water partition coefficient (Wildman–Crippen LogP) is 2.42. The quantitative estimate of drug-likeness (QED) is 0.621. The van der Waals surface area contributed by atoms with E-state index in [2.05, 4.69) is 15.9 Å². The molecular formula is C12H15BrO4. The average Bonchev–Trinajstić information content (AvgIpc) is 2.32. The highest BCUT2D eigenvalue weighted by Crippen LogP contribution is 2.36. The van der Waals surface area contributed by atoms with Crippen molar-refractivity contribution in [3.05, 3.63) is 22.2 Å². The summed E-state index contributed by atoms with van der Waals surface area (Å²) >= 11 is 3.33. The molecule has 0 saturated carbocycles. The molecule has 0 heterocycles. The Bertz CT molecular complexity index is 379. The smallest absolute Gasteiger partial charge is 0.175 e. The van der Waals surface area contributed by atoms with E-state index in [9.17, 15) is 4.79 Å². The SMILES string of the molecule is CCOc1cc(C=O)cc(Br)c1OCCCO. The molecule has 0 unspecified atom stereocenters. The van der Waals surface area contributed by atoms with E-state index in [4.69, 9.17) is 14.6 Å². The zero-order valence-electron chi connectivity index (χ0n) is 9.61. The molecule has 5 heteroatoms. The van der Waals surface area contributed by atoms with Crippen LogP contribution in [0.2, 0.25) is 0 Å². The number of aliphatic hydroxyl groups excluding tert-OH is 1. The van der Waals surface area contributed by atoms with Crippen LogP contribution in [-0.2, 0) is 0 Å². The van der Waals surface area contributed by atoms with Gasteiger partial charge in [-0.3, -0.25) is 4.79 Å². The van der Waals surface area contributed by atoms with Crippen molar-refractivity contribution in [2.45, 2.75) is 13.3 Å². The fourth-order valence-electron chi connectivity index (χ4n) is 1.30. The predicted molar refractivity (Wildman–Crippen MR) is 67.9 cm³/mol. The van der Waals surface area contributed by atoms with Gasteiger partial charge in [0.05, 0.1) is 17.7 Å². The molecule has 0 radical (unpaired) electrons. The second-order valence-electron chi connectivity index (χ2n) is 3.31. The normalized spacial score (nSPS) is 10.1. The number of aldehydes is 1. The zero-order chi connectivity index (χ0) is 12.7. The van der Waals surface area contributed by atoms with Gasteiger partial charge in [0.25, 0.3) is 0 Å². The zero-order valence-corrected chi connectivity index (χ0v) is 11.2. The number of hydrogen-bond donors (Lipinski definition) is 1. The van der Waals surface area contributed by atoms with Crippen LogP contribution in [0, 0.1) is 0 Å². The van der Waals surface area contributed by atoms with Crippen LogP contribution in [0.5, 0.6) is 11.5 Å². The van der Waals surface area contributed by atoms with E-state index < -0.39 is 0 Å². The standard InChI is InChI=1S/C12H15BrO4/c1-2-16-11-7-9(8-15)6-10(13)12(11)17-5-3-4-14/h6-8,14H,2-5H2,1H3. The lowest BCUT2D eigenvalue weighted by Gasteiger charge is -2.13. The van der Waals surface area contributed by atoms with Crippen LogP contribution in [0.3, 0.4) is 0 Å². The number of halogens is 1. The van der Waals surface area contributed by atoms with Crippen LogP contribution in [0.4, 0.5) is 0 Å². The second kappa shape index (κ2) is 7.29. The van der Waals surface area contributed by atoms with Gasteiger partial charge in [-0.2, -0.15) is 0 Å². The second-order valence-corrected chi connectivity index (χ2v) is 4.16. The fourth-order valence-corrected chi connectivity index (χ4v) is 1.87. The number of carbonyl (C=O) groups is 1. The molecular weight excluding hydrogens is 288 g/mol. The lowest BCUT2D eigenvalue weighted by atomic mass is 10.2. The average molecular weight is 303 g/mol. The maximum absolute atomic E-state index is 10.7. The van der Waals surface area contributed by atoms with E-state index in [1.807, 2.05) is 6.92 Å². The van der Waals surface area contributed by atoms with Gasteiger partial charge >= 0.3 is 0 Å². The maximum atomic E-state index is 10.7. The van der Waals surface area contributed by atoms with Crippen molar-refractivity contribution in [3.8, 4) is 11.5 Å².